The second-order valence-electron chi connectivity index (χ2n) is 11.4. The number of nitrogens with zero attached hydrogens (tertiary/aromatic N) is 6. The van der Waals surface area contributed by atoms with Crippen LogP contribution in [0.4, 0.5) is 22.1 Å². The van der Waals surface area contributed by atoms with Gasteiger partial charge in [-0.3, -0.25) is 19.5 Å². The van der Waals surface area contributed by atoms with Crippen LogP contribution in [0.5, 0.6) is 6.01 Å². The molecular formula is C30H43N7O3. The molecule has 40 heavy (non-hydrogen) atoms. The van der Waals surface area contributed by atoms with E-state index in [0.717, 1.165) is 63.6 Å². The highest BCUT2D eigenvalue weighted by atomic mass is 16.5. The molecule has 4 bridgehead atoms. The number of carbonyl (C=O) groups is 2. The predicted molar refractivity (Wildman–Crippen MR) is 157 cm³/mol. The summed E-state index contributed by atoms with van der Waals surface area (Å²) >= 11 is 0. The summed E-state index contributed by atoms with van der Waals surface area (Å²) in [6.07, 6.45) is 10.6. The van der Waals surface area contributed by atoms with Crippen LogP contribution in [0.15, 0.2) is 12.1 Å². The van der Waals surface area contributed by atoms with Crippen molar-refractivity contribution in [3.05, 3.63) is 34.4 Å². The first-order chi connectivity index (χ1) is 19.4. The van der Waals surface area contributed by atoms with Crippen LogP contribution in [0.3, 0.4) is 0 Å². The Morgan fingerprint density at radius 3 is 2.62 bits per heavy atom. The molecule has 0 radical (unpaired) electrons. The first kappa shape index (κ1) is 28.1. The Hall–Kier alpha value is -3.40. The maximum Gasteiger partial charge on any atom is 0.324 e. The molecule has 1 aromatic heterocycles. The SMILES string of the molecule is CCCN(C)C(=O)N(C)c1c(N)nc2nc1N(C=O)Cc1cc(c3c(c1)CN(C1CCC1)CC3)CCCCCO2. The molecule has 1 saturated carbocycles. The summed E-state index contributed by atoms with van der Waals surface area (Å²) in [7, 11) is 3.38. The van der Waals surface area contributed by atoms with Crippen molar-refractivity contribution in [2.45, 2.75) is 83.8 Å². The molecule has 0 saturated heterocycles. The number of aryl methyl sites for hydroxylation is 1. The molecule has 0 unspecified atom stereocenters. The fraction of sp³-hybridized carbons (Fsp3) is 0.600. The highest BCUT2D eigenvalue weighted by Gasteiger charge is 2.30. The van der Waals surface area contributed by atoms with Gasteiger partial charge in [0.15, 0.2) is 11.6 Å². The molecule has 2 N–H and O–H groups in total. The summed E-state index contributed by atoms with van der Waals surface area (Å²) in [4.78, 5) is 42.0. The first-order valence-corrected chi connectivity index (χ1v) is 14.8. The number of amides is 3. The van der Waals surface area contributed by atoms with E-state index in [1.165, 1.54) is 45.8 Å². The summed E-state index contributed by atoms with van der Waals surface area (Å²) < 4.78 is 5.87. The van der Waals surface area contributed by atoms with Gasteiger partial charge >= 0.3 is 12.0 Å². The van der Waals surface area contributed by atoms with E-state index in [0.29, 0.717) is 31.4 Å². The zero-order valence-corrected chi connectivity index (χ0v) is 24.2. The van der Waals surface area contributed by atoms with E-state index in [2.05, 4.69) is 27.0 Å². The van der Waals surface area contributed by atoms with Crippen LogP contribution in [0, 0.1) is 0 Å². The van der Waals surface area contributed by atoms with E-state index >= 15 is 0 Å². The number of nitrogens with two attached hydrogens (primary N) is 1. The van der Waals surface area contributed by atoms with Crippen molar-refractivity contribution in [1.82, 2.24) is 19.8 Å². The van der Waals surface area contributed by atoms with Gasteiger partial charge < -0.3 is 15.4 Å². The van der Waals surface area contributed by atoms with Crippen molar-refractivity contribution < 1.29 is 14.3 Å². The second-order valence-corrected chi connectivity index (χ2v) is 11.4. The molecule has 10 heteroatoms. The summed E-state index contributed by atoms with van der Waals surface area (Å²) in [6, 6.07) is 5.10. The number of hydrogen-bond donors (Lipinski definition) is 1. The number of aromatic nitrogens is 2. The lowest BCUT2D eigenvalue weighted by Gasteiger charge is -2.41. The number of carbonyl (C=O) groups excluding carboxylic acids is 2. The Bertz CT molecular complexity index is 1230. The number of hydrogen-bond acceptors (Lipinski definition) is 7. The molecule has 1 aromatic carbocycles. The van der Waals surface area contributed by atoms with Gasteiger partial charge in [-0.25, -0.2) is 4.79 Å². The summed E-state index contributed by atoms with van der Waals surface area (Å²) in [5, 5.41) is 0. The van der Waals surface area contributed by atoms with Crippen molar-refractivity contribution >= 4 is 29.8 Å². The maximum atomic E-state index is 13.2. The lowest BCUT2D eigenvalue weighted by Crippen LogP contribution is -2.43. The number of urea groups is 1. The Kier molecular flexibility index (Phi) is 8.73. The number of ether oxygens (including phenoxy) is 1. The van der Waals surface area contributed by atoms with E-state index < -0.39 is 0 Å². The molecule has 10 nitrogen and oxygen atoms in total. The Balaban J connectivity index is 1.53. The van der Waals surface area contributed by atoms with E-state index in [1.54, 1.807) is 19.0 Å². The van der Waals surface area contributed by atoms with Crippen molar-refractivity contribution in [3.63, 3.8) is 0 Å². The zero-order valence-electron chi connectivity index (χ0n) is 24.2. The smallest absolute Gasteiger partial charge is 0.324 e. The molecule has 3 aliphatic rings. The number of fused-ring (bicyclic) bond motifs is 6. The third-order valence-electron chi connectivity index (χ3n) is 8.56. The molecule has 0 atom stereocenters. The van der Waals surface area contributed by atoms with Gasteiger partial charge in [0.25, 0.3) is 0 Å². The van der Waals surface area contributed by atoms with Crippen LogP contribution in [-0.4, -0.2) is 72.0 Å². The highest BCUT2D eigenvalue weighted by Crippen LogP contribution is 2.36. The Morgan fingerprint density at radius 2 is 1.90 bits per heavy atom. The zero-order chi connectivity index (χ0) is 28.2. The largest absolute Gasteiger partial charge is 0.463 e. The van der Waals surface area contributed by atoms with Crippen LogP contribution in [0.1, 0.15) is 74.1 Å². The van der Waals surface area contributed by atoms with Crippen LogP contribution in [-0.2, 0) is 30.7 Å². The first-order valence-electron chi connectivity index (χ1n) is 14.8. The average molecular weight is 550 g/mol. The highest BCUT2D eigenvalue weighted by molar-refractivity contribution is 5.99. The Labute approximate surface area is 237 Å². The normalized spacial score (nSPS) is 18.1. The summed E-state index contributed by atoms with van der Waals surface area (Å²) in [5.41, 5.74) is 12.0. The molecule has 2 aromatic rings. The minimum atomic E-state index is -0.250. The van der Waals surface area contributed by atoms with Crippen molar-refractivity contribution in [2.24, 2.45) is 0 Å². The second kappa shape index (κ2) is 12.4. The molecule has 3 amide bonds. The Morgan fingerprint density at radius 1 is 1.10 bits per heavy atom. The van der Waals surface area contributed by atoms with Gasteiger partial charge in [0.2, 0.25) is 6.41 Å². The summed E-state index contributed by atoms with van der Waals surface area (Å²) in [5.74, 6) is 0.368. The lowest BCUT2D eigenvalue weighted by atomic mass is 9.85. The van der Waals surface area contributed by atoms with Gasteiger partial charge in [0, 0.05) is 39.8 Å². The van der Waals surface area contributed by atoms with Crippen LogP contribution < -0.4 is 20.3 Å². The summed E-state index contributed by atoms with van der Waals surface area (Å²) in [6.45, 7) is 5.46. The molecule has 1 aliphatic carbocycles. The van der Waals surface area contributed by atoms with E-state index in [4.69, 9.17) is 10.5 Å². The third kappa shape index (κ3) is 5.87. The quantitative estimate of drug-likeness (QED) is 0.559. The van der Waals surface area contributed by atoms with Gasteiger partial charge in [-0.15, -0.1) is 0 Å². The molecule has 3 heterocycles. The van der Waals surface area contributed by atoms with Gasteiger partial charge in [0.1, 0.15) is 5.69 Å². The van der Waals surface area contributed by atoms with Crippen LogP contribution in [0.2, 0.25) is 0 Å². The fourth-order valence-corrected chi connectivity index (χ4v) is 6.19. The monoisotopic (exact) mass is 549 g/mol. The van der Waals surface area contributed by atoms with Crippen LogP contribution >= 0.6 is 0 Å². The van der Waals surface area contributed by atoms with Gasteiger partial charge in [-0.05, 0) is 73.6 Å². The van der Waals surface area contributed by atoms with E-state index in [-0.39, 0.29) is 23.7 Å². The minimum Gasteiger partial charge on any atom is -0.463 e. The minimum absolute atomic E-state index is 0.0990. The molecular weight excluding hydrogens is 506 g/mol. The standard InChI is InChI=1S/C30H43N7O3/c1-4-13-34(2)30(39)35(3)26-27(31)32-29-33-28(26)37(20-38)18-21-16-22(9-6-5-7-15-40-29)25-12-14-36(19-23(25)17-21)24-10-8-11-24/h16-17,20,24H,4-15,18-19H2,1-3H3,(H2,31,32,33). The lowest BCUT2D eigenvalue weighted by molar-refractivity contribution is -0.107. The fourth-order valence-electron chi connectivity index (χ4n) is 6.19. The number of benzene rings is 1. The van der Waals surface area contributed by atoms with Crippen molar-refractivity contribution in [3.8, 4) is 6.01 Å². The molecule has 2 aliphatic heterocycles. The molecule has 1 fully saturated rings. The molecule has 5 rings (SSSR count). The van der Waals surface area contributed by atoms with Gasteiger partial charge in [-0.1, -0.05) is 25.5 Å². The van der Waals surface area contributed by atoms with Crippen LogP contribution in [0.25, 0.3) is 0 Å². The maximum absolute atomic E-state index is 13.2. The van der Waals surface area contributed by atoms with E-state index in [9.17, 15) is 9.59 Å². The number of nitrogen functional groups attached to an aromatic ring is 1. The number of rotatable bonds is 5. The van der Waals surface area contributed by atoms with Gasteiger partial charge in [-0.2, -0.15) is 9.97 Å². The average Bonchev–Trinajstić information content (AvgIpc) is 2.91. The number of anilines is 3. The molecule has 0 spiro atoms. The van der Waals surface area contributed by atoms with Crippen molar-refractivity contribution in [1.29, 1.82) is 0 Å². The predicted octanol–water partition coefficient (Wildman–Crippen LogP) is 4.14. The van der Waals surface area contributed by atoms with Crippen molar-refractivity contribution in [2.75, 3.05) is 49.3 Å². The van der Waals surface area contributed by atoms with Gasteiger partial charge in [0.05, 0.1) is 13.2 Å². The topological polar surface area (TPSA) is 108 Å². The molecule has 216 valence electrons. The third-order valence-corrected chi connectivity index (χ3v) is 8.56. The van der Waals surface area contributed by atoms with E-state index in [1.807, 2.05) is 6.92 Å².